The predicted molar refractivity (Wildman–Crippen MR) is 111 cm³/mol. The molecule has 2 heterocycles. The quantitative estimate of drug-likeness (QED) is 0.571. The van der Waals surface area contributed by atoms with Crippen molar-refractivity contribution >= 4 is 17.1 Å². The van der Waals surface area contributed by atoms with Crippen LogP contribution < -0.4 is 5.32 Å². The molecule has 0 bridgehead atoms. The fraction of sp³-hybridized carbons (Fsp3) is 0.174. The van der Waals surface area contributed by atoms with Crippen molar-refractivity contribution in [2.45, 2.75) is 19.8 Å². The highest BCUT2D eigenvalue weighted by Gasteiger charge is 2.13. The Morgan fingerprint density at radius 3 is 2.71 bits per heavy atom. The molecule has 0 aliphatic heterocycles. The van der Waals surface area contributed by atoms with Crippen molar-refractivity contribution in [1.82, 2.24) is 19.9 Å². The van der Waals surface area contributed by atoms with Gasteiger partial charge in [-0.3, -0.25) is 9.36 Å². The van der Waals surface area contributed by atoms with E-state index in [2.05, 4.69) is 34.3 Å². The molecule has 0 saturated heterocycles. The number of carbonyl (C=O) groups excluding carboxylic acids is 1. The monoisotopic (exact) mass is 370 g/mol. The van der Waals surface area contributed by atoms with Gasteiger partial charge in [0.25, 0.3) is 5.91 Å². The number of nitrogens with one attached hydrogen (secondary N) is 1. The van der Waals surface area contributed by atoms with E-state index in [1.807, 2.05) is 66.1 Å². The molecule has 2 aromatic carbocycles. The first-order valence-corrected chi connectivity index (χ1v) is 9.37. The van der Waals surface area contributed by atoms with Gasteiger partial charge in [0.15, 0.2) is 5.65 Å². The summed E-state index contributed by atoms with van der Waals surface area (Å²) in [5.74, 6) is 1.00. The Bertz CT molecular complexity index is 1120. The fourth-order valence-corrected chi connectivity index (χ4v) is 3.37. The number of fused-ring (bicyclic) bond motifs is 1. The molecule has 0 radical (unpaired) electrons. The lowest BCUT2D eigenvalue weighted by atomic mass is 10.0. The molecule has 5 heteroatoms. The van der Waals surface area contributed by atoms with Gasteiger partial charge in [0.05, 0.1) is 0 Å². The first-order valence-electron chi connectivity index (χ1n) is 9.37. The third kappa shape index (κ3) is 3.51. The van der Waals surface area contributed by atoms with Gasteiger partial charge in [0.2, 0.25) is 0 Å². The maximum absolute atomic E-state index is 12.7. The van der Waals surface area contributed by atoms with Crippen LogP contribution in [0.3, 0.4) is 0 Å². The van der Waals surface area contributed by atoms with Crippen molar-refractivity contribution in [2.75, 3.05) is 6.54 Å². The molecule has 140 valence electrons. The summed E-state index contributed by atoms with van der Waals surface area (Å²) < 4.78 is 1.97. The van der Waals surface area contributed by atoms with Crippen LogP contribution in [0.1, 0.15) is 34.6 Å². The molecule has 1 amide bonds. The predicted octanol–water partition coefficient (Wildman–Crippen LogP) is 4.26. The second-order valence-corrected chi connectivity index (χ2v) is 6.91. The minimum absolute atomic E-state index is 0.0836. The number of aryl methyl sites for hydroxylation is 1. The van der Waals surface area contributed by atoms with Crippen LogP contribution in [0.15, 0.2) is 72.9 Å². The zero-order chi connectivity index (χ0) is 19.5. The smallest absolute Gasteiger partial charge is 0.251 e. The lowest BCUT2D eigenvalue weighted by molar-refractivity contribution is 0.0951. The van der Waals surface area contributed by atoms with E-state index in [-0.39, 0.29) is 11.8 Å². The topological polar surface area (TPSA) is 59.8 Å². The zero-order valence-corrected chi connectivity index (χ0v) is 16.0. The van der Waals surface area contributed by atoms with Gasteiger partial charge in [-0.05, 0) is 48.7 Å². The molecule has 0 aliphatic carbocycles. The SMILES string of the molecule is Cc1nc2cccnc2n1-c1cccc(C(=O)NC[C@H](C)c2ccccc2)c1. The van der Waals surface area contributed by atoms with Crippen molar-refractivity contribution in [3.63, 3.8) is 0 Å². The molecular weight excluding hydrogens is 348 g/mol. The second kappa shape index (κ2) is 7.64. The molecule has 0 fully saturated rings. The number of benzene rings is 2. The zero-order valence-electron chi connectivity index (χ0n) is 16.0. The average molecular weight is 370 g/mol. The van der Waals surface area contributed by atoms with Crippen LogP contribution in [0, 0.1) is 6.92 Å². The number of imidazole rings is 1. The summed E-state index contributed by atoms with van der Waals surface area (Å²) in [6, 6.07) is 21.6. The fourth-order valence-electron chi connectivity index (χ4n) is 3.37. The lowest BCUT2D eigenvalue weighted by Gasteiger charge is -2.14. The van der Waals surface area contributed by atoms with E-state index >= 15 is 0 Å². The summed E-state index contributed by atoms with van der Waals surface area (Å²) in [4.78, 5) is 21.7. The van der Waals surface area contributed by atoms with E-state index in [9.17, 15) is 4.79 Å². The van der Waals surface area contributed by atoms with E-state index in [0.29, 0.717) is 12.1 Å². The number of aromatic nitrogens is 3. The number of amides is 1. The van der Waals surface area contributed by atoms with Crippen molar-refractivity contribution in [1.29, 1.82) is 0 Å². The van der Waals surface area contributed by atoms with Gasteiger partial charge >= 0.3 is 0 Å². The molecule has 0 saturated carbocycles. The summed E-state index contributed by atoms with van der Waals surface area (Å²) in [5.41, 5.74) is 4.34. The van der Waals surface area contributed by atoms with Gasteiger partial charge in [-0.2, -0.15) is 0 Å². The van der Waals surface area contributed by atoms with Gasteiger partial charge < -0.3 is 5.32 Å². The van der Waals surface area contributed by atoms with Crippen LogP contribution in [-0.4, -0.2) is 27.0 Å². The Labute approximate surface area is 164 Å². The molecule has 4 rings (SSSR count). The largest absolute Gasteiger partial charge is 0.351 e. The number of pyridine rings is 1. The van der Waals surface area contributed by atoms with Crippen LogP contribution in [0.25, 0.3) is 16.9 Å². The summed E-state index contributed by atoms with van der Waals surface area (Å²) in [6.07, 6.45) is 1.75. The van der Waals surface area contributed by atoms with Crippen molar-refractivity contribution in [2.24, 2.45) is 0 Å². The maximum Gasteiger partial charge on any atom is 0.251 e. The molecule has 1 N–H and O–H groups in total. The summed E-state index contributed by atoms with van der Waals surface area (Å²) in [5, 5.41) is 3.04. The van der Waals surface area contributed by atoms with Gasteiger partial charge in [0, 0.05) is 24.0 Å². The van der Waals surface area contributed by atoms with Gasteiger partial charge in [-0.1, -0.05) is 43.3 Å². The normalized spacial score (nSPS) is 12.1. The molecule has 28 heavy (non-hydrogen) atoms. The summed E-state index contributed by atoms with van der Waals surface area (Å²) >= 11 is 0. The highest BCUT2D eigenvalue weighted by atomic mass is 16.1. The van der Waals surface area contributed by atoms with E-state index in [1.165, 1.54) is 5.56 Å². The number of hydrogen-bond acceptors (Lipinski definition) is 3. The maximum atomic E-state index is 12.7. The Balaban J connectivity index is 1.55. The number of hydrogen-bond donors (Lipinski definition) is 1. The van der Waals surface area contributed by atoms with Crippen molar-refractivity contribution in [3.8, 4) is 5.69 Å². The van der Waals surface area contributed by atoms with E-state index in [0.717, 1.165) is 22.7 Å². The summed E-state index contributed by atoms with van der Waals surface area (Å²) in [6.45, 7) is 4.64. The third-order valence-corrected chi connectivity index (χ3v) is 4.89. The molecule has 4 aromatic rings. The number of carbonyl (C=O) groups is 1. The van der Waals surface area contributed by atoms with Gasteiger partial charge in [-0.15, -0.1) is 0 Å². The number of rotatable bonds is 5. The van der Waals surface area contributed by atoms with Crippen LogP contribution >= 0.6 is 0 Å². The highest BCUT2D eigenvalue weighted by molar-refractivity contribution is 5.94. The standard InChI is InChI=1S/C23H22N4O/c1-16(18-8-4-3-5-9-18)15-25-23(28)19-10-6-11-20(14-19)27-17(2)26-21-12-7-13-24-22(21)27/h3-14,16H,15H2,1-2H3,(H,25,28)/t16-/m0/s1. The highest BCUT2D eigenvalue weighted by Crippen LogP contribution is 2.20. The Hall–Kier alpha value is -3.47. The molecule has 0 unspecified atom stereocenters. The minimum Gasteiger partial charge on any atom is -0.351 e. The van der Waals surface area contributed by atoms with Crippen molar-refractivity contribution in [3.05, 3.63) is 89.9 Å². The van der Waals surface area contributed by atoms with E-state index < -0.39 is 0 Å². The third-order valence-electron chi connectivity index (χ3n) is 4.89. The van der Waals surface area contributed by atoms with E-state index in [1.54, 1.807) is 6.20 Å². The van der Waals surface area contributed by atoms with Crippen molar-refractivity contribution < 1.29 is 4.79 Å². The van der Waals surface area contributed by atoms with Crippen LogP contribution in [0.2, 0.25) is 0 Å². The molecule has 1 atom stereocenters. The minimum atomic E-state index is -0.0836. The molecule has 2 aromatic heterocycles. The van der Waals surface area contributed by atoms with Gasteiger partial charge in [-0.25, -0.2) is 9.97 Å². The number of nitrogens with zero attached hydrogens (tertiary/aromatic N) is 3. The van der Waals surface area contributed by atoms with Crippen LogP contribution in [-0.2, 0) is 0 Å². The Morgan fingerprint density at radius 2 is 1.89 bits per heavy atom. The first-order chi connectivity index (χ1) is 13.6. The first kappa shape index (κ1) is 17.9. The van der Waals surface area contributed by atoms with Crippen LogP contribution in [0.5, 0.6) is 0 Å². The Kier molecular flexibility index (Phi) is 4.89. The summed E-state index contributed by atoms with van der Waals surface area (Å²) in [7, 11) is 0. The molecule has 0 spiro atoms. The molecule has 5 nitrogen and oxygen atoms in total. The average Bonchev–Trinajstić information content (AvgIpc) is 3.08. The lowest BCUT2D eigenvalue weighted by Crippen LogP contribution is -2.27. The molecule has 0 aliphatic rings. The van der Waals surface area contributed by atoms with E-state index in [4.69, 9.17) is 0 Å². The molecular formula is C23H22N4O. The Morgan fingerprint density at radius 1 is 1.07 bits per heavy atom. The van der Waals surface area contributed by atoms with Crippen LogP contribution in [0.4, 0.5) is 0 Å². The van der Waals surface area contributed by atoms with Gasteiger partial charge in [0.1, 0.15) is 11.3 Å². The second-order valence-electron chi connectivity index (χ2n) is 6.91.